The number of nitrogens with two attached hydrogens (primary N) is 1. The van der Waals surface area contributed by atoms with E-state index in [1.165, 1.54) is 0 Å². The van der Waals surface area contributed by atoms with E-state index in [1.54, 1.807) is 6.07 Å². The molecule has 0 radical (unpaired) electrons. The average molecular weight is 258 g/mol. The highest BCUT2D eigenvalue weighted by Gasteiger charge is 2.53. The molecule has 2 rings (SSSR count). The van der Waals surface area contributed by atoms with Gasteiger partial charge >= 0.3 is 7.12 Å². The van der Waals surface area contributed by atoms with E-state index in [-0.39, 0.29) is 0 Å². The Balaban J connectivity index is 2.28. The molecule has 1 aromatic carbocycles. The van der Waals surface area contributed by atoms with E-state index < -0.39 is 24.3 Å². The summed E-state index contributed by atoms with van der Waals surface area (Å²) in [5, 5.41) is 9.13. The maximum atomic E-state index is 9.13. The van der Waals surface area contributed by atoms with Crippen LogP contribution in [0.4, 0.5) is 0 Å². The Labute approximate surface area is 114 Å². The summed E-state index contributed by atoms with van der Waals surface area (Å²) in [5.41, 5.74) is 6.69. The third-order valence-corrected chi connectivity index (χ3v) is 4.01. The summed E-state index contributed by atoms with van der Waals surface area (Å²) in [7, 11) is -0.542. The summed E-state index contributed by atoms with van der Waals surface area (Å²) in [6.07, 6.45) is 0. The second-order valence-electron chi connectivity index (χ2n) is 5.85. The molecule has 0 bridgehead atoms. The molecular formula is C14H19BN2O2. The number of nitriles is 1. The molecule has 2 N–H and O–H groups in total. The van der Waals surface area contributed by atoms with Gasteiger partial charge in [-0.25, -0.2) is 0 Å². The fourth-order valence-corrected chi connectivity index (χ4v) is 2.07. The highest BCUT2D eigenvalue weighted by molar-refractivity contribution is 6.47. The number of benzene rings is 1. The van der Waals surface area contributed by atoms with Crippen LogP contribution >= 0.6 is 0 Å². The van der Waals surface area contributed by atoms with Crippen LogP contribution in [-0.2, 0) is 9.31 Å². The molecule has 1 fully saturated rings. The van der Waals surface area contributed by atoms with Gasteiger partial charge < -0.3 is 15.0 Å². The Morgan fingerprint density at radius 2 is 1.68 bits per heavy atom. The quantitative estimate of drug-likeness (QED) is 0.825. The van der Waals surface area contributed by atoms with Gasteiger partial charge in [-0.3, -0.25) is 0 Å². The van der Waals surface area contributed by atoms with E-state index in [4.69, 9.17) is 20.3 Å². The van der Waals surface area contributed by atoms with Gasteiger partial charge in [-0.2, -0.15) is 5.26 Å². The van der Waals surface area contributed by atoms with Crippen LogP contribution in [0.1, 0.15) is 44.8 Å². The molecule has 1 saturated heterocycles. The first-order valence-electron chi connectivity index (χ1n) is 6.39. The van der Waals surface area contributed by atoms with Gasteiger partial charge in [-0.15, -0.1) is 0 Å². The van der Waals surface area contributed by atoms with E-state index >= 15 is 0 Å². The van der Waals surface area contributed by atoms with Crippen molar-refractivity contribution in [3.05, 3.63) is 35.4 Å². The van der Waals surface area contributed by atoms with E-state index in [1.807, 2.05) is 45.9 Å². The molecule has 0 spiro atoms. The first-order chi connectivity index (χ1) is 8.78. The molecule has 0 saturated carbocycles. The van der Waals surface area contributed by atoms with Crippen LogP contribution in [0.25, 0.3) is 0 Å². The Morgan fingerprint density at radius 3 is 2.21 bits per heavy atom. The first-order valence-corrected chi connectivity index (χ1v) is 6.39. The molecule has 0 aromatic heterocycles. The summed E-state index contributed by atoms with van der Waals surface area (Å²) in [6.45, 7) is 7.93. The van der Waals surface area contributed by atoms with Crippen molar-refractivity contribution in [3.8, 4) is 6.07 Å². The van der Waals surface area contributed by atoms with E-state index in [0.717, 1.165) is 5.56 Å². The van der Waals surface area contributed by atoms with Crippen LogP contribution in [0.5, 0.6) is 0 Å². The van der Waals surface area contributed by atoms with Gasteiger partial charge in [0.05, 0.1) is 28.8 Å². The second-order valence-corrected chi connectivity index (χ2v) is 5.85. The van der Waals surface area contributed by atoms with Crippen molar-refractivity contribution in [2.45, 2.75) is 44.8 Å². The highest BCUT2D eigenvalue weighted by atomic mass is 16.7. The van der Waals surface area contributed by atoms with Crippen molar-refractivity contribution in [2.75, 3.05) is 0 Å². The third-order valence-electron chi connectivity index (χ3n) is 4.01. The molecule has 1 aromatic rings. The maximum Gasteiger partial charge on any atom is 0.480 e. The summed E-state index contributed by atoms with van der Waals surface area (Å²) in [5.74, 6) is -0.475. The lowest BCUT2D eigenvalue weighted by Crippen LogP contribution is -2.41. The summed E-state index contributed by atoms with van der Waals surface area (Å²) in [4.78, 5) is 0. The van der Waals surface area contributed by atoms with E-state index in [0.29, 0.717) is 5.56 Å². The Kier molecular flexibility index (Phi) is 3.44. The highest BCUT2D eigenvalue weighted by Crippen LogP contribution is 2.39. The van der Waals surface area contributed by atoms with Crippen LogP contribution in [-0.4, -0.2) is 18.3 Å². The first kappa shape index (κ1) is 14.1. The predicted octanol–water partition coefficient (Wildman–Crippen LogP) is 2.19. The number of hydrogen-bond acceptors (Lipinski definition) is 4. The SMILES string of the molecule is CC1(C)OB(C(N)c2ccccc2C#N)OC1(C)C. The van der Waals surface area contributed by atoms with Gasteiger partial charge in [0.25, 0.3) is 0 Å². The molecule has 100 valence electrons. The van der Waals surface area contributed by atoms with Crippen molar-refractivity contribution in [3.63, 3.8) is 0 Å². The maximum absolute atomic E-state index is 9.13. The Morgan fingerprint density at radius 1 is 1.16 bits per heavy atom. The number of nitrogens with zero attached hydrogens (tertiary/aromatic N) is 1. The largest absolute Gasteiger partial charge is 0.480 e. The van der Waals surface area contributed by atoms with Crippen LogP contribution in [0.3, 0.4) is 0 Å². The zero-order chi connectivity index (χ0) is 14.3. The van der Waals surface area contributed by atoms with Crippen LogP contribution < -0.4 is 5.73 Å². The zero-order valence-electron chi connectivity index (χ0n) is 11.8. The normalized spacial score (nSPS) is 22.0. The van der Waals surface area contributed by atoms with Crippen molar-refractivity contribution < 1.29 is 9.31 Å². The molecule has 4 nitrogen and oxygen atoms in total. The summed E-state index contributed by atoms with van der Waals surface area (Å²) < 4.78 is 11.8. The monoisotopic (exact) mass is 258 g/mol. The minimum atomic E-state index is -0.542. The van der Waals surface area contributed by atoms with Crippen LogP contribution in [0.2, 0.25) is 0 Å². The lowest BCUT2D eigenvalue weighted by atomic mass is 9.73. The van der Waals surface area contributed by atoms with Crippen molar-refractivity contribution in [2.24, 2.45) is 5.73 Å². The van der Waals surface area contributed by atoms with E-state index in [2.05, 4.69) is 6.07 Å². The van der Waals surface area contributed by atoms with Crippen molar-refractivity contribution >= 4 is 7.12 Å². The van der Waals surface area contributed by atoms with Gasteiger partial charge in [0.1, 0.15) is 0 Å². The standard InChI is InChI=1S/C14H19BN2O2/c1-13(2)14(3,4)19-15(18-13)12(17)11-8-6-5-7-10(11)9-16/h5-8,12H,17H2,1-4H3. The fraction of sp³-hybridized carbons (Fsp3) is 0.500. The minimum absolute atomic E-state index is 0.420. The fourth-order valence-electron chi connectivity index (χ4n) is 2.07. The van der Waals surface area contributed by atoms with Crippen LogP contribution in [0.15, 0.2) is 24.3 Å². The summed E-state index contributed by atoms with van der Waals surface area (Å²) >= 11 is 0. The van der Waals surface area contributed by atoms with Gasteiger partial charge in [-0.1, -0.05) is 18.2 Å². The third kappa shape index (κ3) is 2.39. The van der Waals surface area contributed by atoms with Gasteiger partial charge in [0.2, 0.25) is 0 Å². The molecule has 1 heterocycles. The molecule has 19 heavy (non-hydrogen) atoms. The molecule has 5 heteroatoms. The van der Waals surface area contributed by atoms with Gasteiger partial charge in [-0.05, 0) is 39.3 Å². The molecule has 1 aliphatic rings. The number of hydrogen-bond donors (Lipinski definition) is 1. The summed E-state index contributed by atoms with van der Waals surface area (Å²) in [6, 6.07) is 9.42. The average Bonchev–Trinajstić information content (AvgIpc) is 2.57. The molecule has 0 amide bonds. The lowest BCUT2D eigenvalue weighted by Gasteiger charge is -2.32. The molecule has 0 aliphatic carbocycles. The van der Waals surface area contributed by atoms with E-state index in [9.17, 15) is 0 Å². The molecule has 1 atom stereocenters. The molecule has 1 aliphatic heterocycles. The van der Waals surface area contributed by atoms with Gasteiger partial charge in [0.15, 0.2) is 0 Å². The zero-order valence-corrected chi connectivity index (χ0v) is 11.8. The topological polar surface area (TPSA) is 68.3 Å². The second kappa shape index (κ2) is 4.64. The lowest BCUT2D eigenvalue weighted by molar-refractivity contribution is 0.00578. The van der Waals surface area contributed by atoms with Crippen LogP contribution in [0, 0.1) is 11.3 Å². The van der Waals surface area contributed by atoms with Crippen molar-refractivity contribution in [1.29, 1.82) is 5.26 Å². The predicted molar refractivity (Wildman–Crippen MR) is 74.2 cm³/mol. The van der Waals surface area contributed by atoms with Gasteiger partial charge in [0, 0.05) is 0 Å². The number of rotatable bonds is 2. The molecular weight excluding hydrogens is 239 g/mol. The van der Waals surface area contributed by atoms with Crippen molar-refractivity contribution in [1.82, 2.24) is 0 Å². The smallest absolute Gasteiger partial charge is 0.402 e. The minimum Gasteiger partial charge on any atom is -0.402 e. The Hall–Kier alpha value is -1.35. The Bertz CT molecular complexity index is 506. The molecule has 1 unspecified atom stereocenters.